The number of nitrogens with one attached hydrogen (secondary N) is 1. The van der Waals surface area contributed by atoms with Crippen molar-refractivity contribution in [2.45, 2.75) is 18.9 Å². The zero-order chi connectivity index (χ0) is 16.9. The number of para-hydroxylation sites is 2. The maximum Gasteiger partial charge on any atom is 0.161 e. The van der Waals surface area contributed by atoms with Gasteiger partial charge in [0.15, 0.2) is 11.5 Å². The van der Waals surface area contributed by atoms with E-state index in [2.05, 4.69) is 27.3 Å². The van der Waals surface area contributed by atoms with Gasteiger partial charge in [-0.05, 0) is 49.6 Å². The van der Waals surface area contributed by atoms with Crippen molar-refractivity contribution >= 4 is 5.82 Å². The number of fused-ring (bicyclic) bond motifs is 1. The summed E-state index contributed by atoms with van der Waals surface area (Å²) >= 11 is 0. The zero-order valence-electron chi connectivity index (χ0n) is 14.4. The highest BCUT2D eigenvalue weighted by Crippen LogP contribution is 2.30. The summed E-state index contributed by atoms with van der Waals surface area (Å²) in [7, 11) is 0. The first-order chi connectivity index (χ1) is 12.4. The topological polar surface area (TPSA) is 46.6 Å². The molecule has 1 unspecified atom stereocenters. The highest BCUT2D eigenvalue weighted by molar-refractivity contribution is 5.40. The number of hydrogen-bond donors (Lipinski definition) is 1. The van der Waals surface area contributed by atoms with Crippen molar-refractivity contribution < 1.29 is 9.47 Å². The molecule has 1 atom stereocenters. The maximum atomic E-state index is 5.99. The third kappa shape index (κ3) is 4.04. The number of hydrogen-bond acceptors (Lipinski definition) is 5. The molecule has 2 aromatic rings. The van der Waals surface area contributed by atoms with E-state index in [1.807, 2.05) is 36.5 Å². The molecule has 3 heterocycles. The normalized spacial score (nSPS) is 20.5. The summed E-state index contributed by atoms with van der Waals surface area (Å²) in [4.78, 5) is 6.83. The molecule has 5 heteroatoms. The van der Waals surface area contributed by atoms with Crippen molar-refractivity contribution in [2.24, 2.45) is 5.92 Å². The van der Waals surface area contributed by atoms with E-state index in [4.69, 9.17) is 9.47 Å². The van der Waals surface area contributed by atoms with Gasteiger partial charge in [0.05, 0.1) is 0 Å². The molecule has 2 aliphatic rings. The van der Waals surface area contributed by atoms with E-state index in [0.29, 0.717) is 6.61 Å². The molecule has 1 fully saturated rings. The van der Waals surface area contributed by atoms with Crippen molar-refractivity contribution in [3.8, 4) is 11.5 Å². The summed E-state index contributed by atoms with van der Waals surface area (Å²) in [6.07, 6.45) is 4.36. The molecule has 132 valence electrons. The minimum absolute atomic E-state index is 0.0866. The van der Waals surface area contributed by atoms with Crippen LogP contribution in [0.4, 0.5) is 5.82 Å². The molecule has 0 radical (unpaired) electrons. The lowest BCUT2D eigenvalue weighted by atomic mass is 9.96. The van der Waals surface area contributed by atoms with Gasteiger partial charge in [0.1, 0.15) is 18.5 Å². The Labute approximate surface area is 149 Å². The van der Waals surface area contributed by atoms with Crippen LogP contribution in [0.15, 0.2) is 48.7 Å². The SMILES string of the molecule is c1ccc(N2CCC(CNCC3COc4ccccc4O3)CC2)nc1. The van der Waals surface area contributed by atoms with Crippen molar-refractivity contribution in [2.75, 3.05) is 37.7 Å². The second-order valence-electron chi connectivity index (χ2n) is 6.77. The third-order valence-corrected chi connectivity index (χ3v) is 4.96. The molecule has 1 N–H and O–H groups in total. The Morgan fingerprint density at radius 3 is 2.60 bits per heavy atom. The quantitative estimate of drug-likeness (QED) is 0.908. The molecular weight excluding hydrogens is 314 g/mol. The molecule has 0 saturated carbocycles. The fraction of sp³-hybridized carbons (Fsp3) is 0.450. The van der Waals surface area contributed by atoms with E-state index in [1.165, 1.54) is 12.8 Å². The Balaban J connectivity index is 1.18. The minimum Gasteiger partial charge on any atom is -0.486 e. The van der Waals surface area contributed by atoms with E-state index < -0.39 is 0 Å². The van der Waals surface area contributed by atoms with Crippen LogP contribution in [0.25, 0.3) is 0 Å². The van der Waals surface area contributed by atoms with Crippen LogP contribution >= 0.6 is 0 Å². The molecule has 1 aromatic carbocycles. The first kappa shape index (κ1) is 16.2. The summed E-state index contributed by atoms with van der Waals surface area (Å²) in [5.74, 6) is 3.52. The van der Waals surface area contributed by atoms with E-state index >= 15 is 0 Å². The van der Waals surface area contributed by atoms with E-state index in [-0.39, 0.29) is 6.10 Å². The number of nitrogens with zero attached hydrogens (tertiary/aromatic N) is 2. The average Bonchev–Trinajstić information content (AvgIpc) is 2.69. The van der Waals surface area contributed by atoms with Gasteiger partial charge in [0.2, 0.25) is 0 Å². The van der Waals surface area contributed by atoms with Gasteiger partial charge in [-0.25, -0.2) is 4.98 Å². The third-order valence-electron chi connectivity index (χ3n) is 4.96. The first-order valence-electron chi connectivity index (χ1n) is 9.13. The molecule has 0 bridgehead atoms. The van der Waals surface area contributed by atoms with Crippen LogP contribution in [-0.2, 0) is 0 Å². The molecule has 1 saturated heterocycles. The van der Waals surface area contributed by atoms with E-state index in [1.54, 1.807) is 0 Å². The molecular formula is C20H25N3O2. The summed E-state index contributed by atoms with van der Waals surface area (Å²) in [6, 6.07) is 14.0. The van der Waals surface area contributed by atoms with Gasteiger partial charge in [-0.15, -0.1) is 0 Å². The van der Waals surface area contributed by atoms with Crippen LogP contribution in [0, 0.1) is 5.92 Å². The highest BCUT2D eigenvalue weighted by atomic mass is 16.6. The number of rotatable bonds is 5. The molecule has 4 rings (SSSR count). The number of aromatic nitrogens is 1. The van der Waals surface area contributed by atoms with Crippen LogP contribution in [0.3, 0.4) is 0 Å². The number of anilines is 1. The van der Waals surface area contributed by atoms with Crippen LogP contribution < -0.4 is 19.7 Å². The summed E-state index contributed by atoms with van der Waals surface area (Å²) in [6.45, 7) is 4.65. The Morgan fingerprint density at radius 1 is 1.00 bits per heavy atom. The van der Waals surface area contributed by atoms with Gasteiger partial charge in [-0.2, -0.15) is 0 Å². The van der Waals surface area contributed by atoms with Crippen molar-refractivity contribution in [3.05, 3.63) is 48.7 Å². The summed E-state index contributed by atoms with van der Waals surface area (Å²) in [5, 5.41) is 3.57. The minimum atomic E-state index is 0.0866. The van der Waals surface area contributed by atoms with Crippen LogP contribution in [-0.4, -0.2) is 43.9 Å². The fourth-order valence-corrected chi connectivity index (χ4v) is 3.52. The smallest absolute Gasteiger partial charge is 0.161 e. The first-order valence-corrected chi connectivity index (χ1v) is 9.13. The largest absolute Gasteiger partial charge is 0.486 e. The number of pyridine rings is 1. The second-order valence-corrected chi connectivity index (χ2v) is 6.77. The number of ether oxygens (including phenoxy) is 2. The predicted molar refractivity (Wildman–Crippen MR) is 98.4 cm³/mol. The maximum absolute atomic E-state index is 5.99. The van der Waals surface area contributed by atoms with Crippen molar-refractivity contribution in [1.29, 1.82) is 0 Å². The van der Waals surface area contributed by atoms with Gasteiger partial charge in [-0.3, -0.25) is 0 Å². The van der Waals surface area contributed by atoms with Gasteiger partial charge in [0.25, 0.3) is 0 Å². The predicted octanol–water partition coefficient (Wildman–Crippen LogP) is 2.73. The summed E-state index contributed by atoms with van der Waals surface area (Å²) in [5.41, 5.74) is 0. The standard InChI is InChI=1S/C20H25N3O2/c1-2-6-19-18(5-1)24-15-17(25-19)14-21-13-16-8-11-23(12-9-16)20-7-3-4-10-22-20/h1-7,10,16-17,21H,8-9,11-15H2. The molecule has 2 aliphatic heterocycles. The Hall–Kier alpha value is -2.27. The Kier molecular flexibility index (Phi) is 5.02. The Bertz CT molecular complexity index is 672. The lowest BCUT2D eigenvalue weighted by Crippen LogP contribution is -2.42. The zero-order valence-corrected chi connectivity index (χ0v) is 14.4. The summed E-state index contributed by atoms with van der Waals surface area (Å²) < 4.78 is 11.8. The molecule has 0 amide bonds. The molecule has 5 nitrogen and oxygen atoms in total. The van der Waals surface area contributed by atoms with E-state index in [9.17, 15) is 0 Å². The van der Waals surface area contributed by atoms with Crippen molar-refractivity contribution in [3.63, 3.8) is 0 Å². The lowest BCUT2D eigenvalue weighted by molar-refractivity contribution is 0.0894. The van der Waals surface area contributed by atoms with Crippen LogP contribution in [0.5, 0.6) is 11.5 Å². The molecule has 25 heavy (non-hydrogen) atoms. The van der Waals surface area contributed by atoms with Crippen LogP contribution in [0.1, 0.15) is 12.8 Å². The molecule has 0 aliphatic carbocycles. The fourth-order valence-electron chi connectivity index (χ4n) is 3.52. The van der Waals surface area contributed by atoms with Gasteiger partial charge in [-0.1, -0.05) is 18.2 Å². The van der Waals surface area contributed by atoms with Gasteiger partial charge >= 0.3 is 0 Å². The monoisotopic (exact) mass is 339 g/mol. The van der Waals surface area contributed by atoms with Crippen molar-refractivity contribution in [1.82, 2.24) is 10.3 Å². The highest BCUT2D eigenvalue weighted by Gasteiger charge is 2.22. The van der Waals surface area contributed by atoms with E-state index in [0.717, 1.165) is 49.4 Å². The van der Waals surface area contributed by atoms with Gasteiger partial charge < -0.3 is 19.7 Å². The van der Waals surface area contributed by atoms with Gasteiger partial charge in [0, 0.05) is 25.8 Å². The van der Waals surface area contributed by atoms with Crippen LogP contribution in [0.2, 0.25) is 0 Å². The average molecular weight is 339 g/mol. The number of piperidine rings is 1. The lowest BCUT2D eigenvalue weighted by Gasteiger charge is -2.33. The number of benzene rings is 1. The molecule has 0 spiro atoms. The Morgan fingerprint density at radius 2 is 1.80 bits per heavy atom. The molecule has 1 aromatic heterocycles. The second kappa shape index (κ2) is 7.74.